The minimum atomic E-state index is -1.03. The summed E-state index contributed by atoms with van der Waals surface area (Å²) in [6, 6.07) is 6.66. The molecular weight excluding hydrogens is 304 g/mol. The number of aromatic nitrogens is 2. The van der Waals surface area contributed by atoms with Gasteiger partial charge in [-0.15, -0.1) is 5.10 Å². The molecule has 1 unspecified atom stereocenters. The van der Waals surface area contributed by atoms with Gasteiger partial charge in [0.25, 0.3) is 5.91 Å². The molecule has 1 saturated heterocycles. The van der Waals surface area contributed by atoms with Crippen molar-refractivity contribution in [3.05, 3.63) is 53.2 Å². The van der Waals surface area contributed by atoms with Gasteiger partial charge in [0, 0.05) is 24.6 Å². The van der Waals surface area contributed by atoms with Gasteiger partial charge < -0.3 is 9.64 Å². The van der Waals surface area contributed by atoms with Gasteiger partial charge in [-0.2, -0.15) is 5.10 Å². The normalized spacial score (nSPS) is 17.3. The highest BCUT2D eigenvalue weighted by Crippen LogP contribution is 2.19. The number of aryl methyl sites for hydroxylation is 1. The van der Waals surface area contributed by atoms with E-state index in [9.17, 15) is 13.6 Å². The highest BCUT2D eigenvalue weighted by Gasteiger charge is 2.29. The number of nitrogens with zero attached hydrogens (tertiary/aromatic N) is 3. The van der Waals surface area contributed by atoms with Gasteiger partial charge in [0.1, 0.15) is 6.10 Å². The number of amides is 1. The maximum Gasteiger partial charge on any atom is 0.254 e. The molecule has 0 spiro atoms. The largest absolute Gasteiger partial charge is 0.471 e. The second-order valence-electron chi connectivity index (χ2n) is 5.42. The van der Waals surface area contributed by atoms with Crippen molar-refractivity contribution in [2.24, 2.45) is 0 Å². The lowest BCUT2D eigenvalue weighted by atomic mass is 10.2. The molecule has 2 aromatic rings. The Morgan fingerprint density at radius 1 is 1.22 bits per heavy atom. The molecule has 0 bridgehead atoms. The van der Waals surface area contributed by atoms with Gasteiger partial charge in [0.05, 0.1) is 12.2 Å². The van der Waals surface area contributed by atoms with Crippen molar-refractivity contribution < 1.29 is 18.3 Å². The monoisotopic (exact) mass is 319 g/mol. The topological polar surface area (TPSA) is 55.3 Å². The van der Waals surface area contributed by atoms with E-state index in [0.29, 0.717) is 25.4 Å². The summed E-state index contributed by atoms with van der Waals surface area (Å²) in [5.74, 6) is -1.94. The number of hydrogen-bond donors (Lipinski definition) is 0. The lowest BCUT2D eigenvalue weighted by Crippen LogP contribution is -2.31. The summed E-state index contributed by atoms with van der Waals surface area (Å²) < 4.78 is 31.9. The molecule has 5 nitrogen and oxygen atoms in total. The maximum absolute atomic E-state index is 13.2. The number of hydrogen-bond acceptors (Lipinski definition) is 4. The third kappa shape index (κ3) is 3.44. The fraction of sp³-hybridized carbons (Fsp3) is 0.312. The highest BCUT2D eigenvalue weighted by atomic mass is 19.2. The second-order valence-corrected chi connectivity index (χ2v) is 5.42. The van der Waals surface area contributed by atoms with Crippen LogP contribution in [-0.4, -0.2) is 40.2 Å². The zero-order valence-electron chi connectivity index (χ0n) is 12.5. The third-order valence-corrected chi connectivity index (χ3v) is 3.66. The smallest absolute Gasteiger partial charge is 0.254 e. The quantitative estimate of drug-likeness (QED) is 0.871. The third-order valence-electron chi connectivity index (χ3n) is 3.66. The highest BCUT2D eigenvalue weighted by molar-refractivity contribution is 5.94. The molecule has 3 rings (SSSR count). The van der Waals surface area contributed by atoms with Crippen molar-refractivity contribution in [2.75, 3.05) is 13.1 Å². The second kappa shape index (κ2) is 6.28. The summed E-state index contributed by atoms with van der Waals surface area (Å²) in [7, 11) is 0. The first-order valence-corrected chi connectivity index (χ1v) is 7.24. The zero-order chi connectivity index (χ0) is 16.4. The SMILES string of the molecule is Cc1ccc(OC2CCN(C(=O)c3ccc(F)c(F)c3)C2)nn1. The molecule has 1 amide bonds. The Morgan fingerprint density at radius 2 is 2.04 bits per heavy atom. The standard InChI is InChI=1S/C16H15F2N3O2/c1-10-2-5-15(20-19-10)23-12-6-7-21(9-12)16(22)11-3-4-13(17)14(18)8-11/h2-5,8,12H,6-7,9H2,1H3. The zero-order valence-corrected chi connectivity index (χ0v) is 12.5. The predicted molar refractivity (Wildman–Crippen MR) is 78.1 cm³/mol. The summed E-state index contributed by atoms with van der Waals surface area (Å²) in [6.07, 6.45) is 0.451. The van der Waals surface area contributed by atoms with E-state index in [1.54, 1.807) is 17.0 Å². The minimum absolute atomic E-state index is 0.125. The molecule has 1 atom stereocenters. The van der Waals surface area contributed by atoms with Gasteiger partial charge in [-0.1, -0.05) is 0 Å². The number of carbonyl (C=O) groups excluding carboxylic acids is 1. The molecular formula is C16H15F2N3O2. The van der Waals surface area contributed by atoms with Gasteiger partial charge in [-0.05, 0) is 31.2 Å². The van der Waals surface area contributed by atoms with Gasteiger partial charge in [0.15, 0.2) is 11.6 Å². The van der Waals surface area contributed by atoms with E-state index in [4.69, 9.17) is 4.74 Å². The molecule has 1 aliphatic rings. The minimum Gasteiger partial charge on any atom is -0.471 e. The van der Waals surface area contributed by atoms with Crippen molar-refractivity contribution in [2.45, 2.75) is 19.4 Å². The van der Waals surface area contributed by atoms with E-state index in [2.05, 4.69) is 10.2 Å². The molecule has 1 aliphatic heterocycles. The molecule has 0 aliphatic carbocycles. The number of carbonyl (C=O) groups is 1. The summed E-state index contributed by atoms with van der Waals surface area (Å²) >= 11 is 0. The van der Waals surface area contributed by atoms with E-state index < -0.39 is 11.6 Å². The maximum atomic E-state index is 13.2. The van der Waals surface area contributed by atoms with Gasteiger partial charge in [0.2, 0.25) is 5.88 Å². The van der Waals surface area contributed by atoms with Crippen molar-refractivity contribution in [3.8, 4) is 5.88 Å². The average molecular weight is 319 g/mol. The Balaban J connectivity index is 1.63. The summed E-state index contributed by atoms with van der Waals surface area (Å²) in [5.41, 5.74) is 0.915. The first kappa shape index (κ1) is 15.3. The van der Waals surface area contributed by atoms with Crippen LogP contribution in [0.1, 0.15) is 22.5 Å². The van der Waals surface area contributed by atoms with Crippen LogP contribution in [-0.2, 0) is 0 Å². The van der Waals surface area contributed by atoms with Crippen LogP contribution in [0.5, 0.6) is 5.88 Å². The number of rotatable bonds is 3. The molecule has 23 heavy (non-hydrogen) atoms. The number of benzene rings is 1. The Hall–Kier alpha value is -2.57. The van der Waals surface area contributed by atoms with E-state index in [1.165, 1.54) is 6.07 Å². The molecule has 120 valence electrons. The Kier molecular flexibility index (Phi) is 4.18. The Labute approximate surface area is 131 Å². The summed E-state index contributed by atoms with van der Waals surface area (Å²) in [5, 5.41) is 7.83. The molecule has 0 N–H and O–H groups in total. The predicted octanol–water partition coefficient (Wildman–Crippen LogP) is 2.36. The lowest BCUT2D eigenvalue weighted by molar-refractivity contribution is 0.0770. The first-order chi connectivity index (χ1) is 11.0. The van der Waals surface area contributed by atoms with Crippen LogP contribution in [0.4, 0.5) is 8.78 Å². The van der Waals surface area contributed by atoms with Gasteiger partial charge in [-0.3, -0.25) is 4.79 Å². The number of halogens is 2. The fourth-order valence-corrected chi connectivity index (χ4v) is 2.44. The molecule has 0 radical (unpaired) electrons. The fourth-order valence-electron chi connectivity index (χ4n) is 2.44. The van der Waals surface area contributed by atoms with Crippen molar-refractivity contribution >= 4 is 5.91 Å². The van der Waals surface area contributed by atoms with Gasteiger partial charge in [-0.25, -0.2) is 8.78 Å². The van der Waals surface area contributed by atoms with Crippen molar-refractivity contribution in [1.29, 1.82) is 0 Å². The van der Waals surface area contributed by atoms with Crippen LogP contribution >= 0.6 is 0 Å². The van der Waals surface area contributed by atoms with E-state index in [1.807, 2.05) is 6.92 Å². The lowest BCUT2D eigenvalue weighted by Gasteiger charge is -2.17. The Bertz CT molecular complexity index is 722. The van der Waals surface area contributed by atoms with E-state index >= 15 is 0 Å². The van der Waals surface area contributed by atoms with Crippen LogP contribution in [0.15, 0.2) is 30.3 Å². The summed E-state index contributed by atoms with van der Waals surface area (Å²) in [4.78, 5) is 13.9. The number of ether oxygens (including phenoxy) is 1. The molecule has 7 heteroatoms. The van der Waals surface area contributed by atoms with E-state index in [0.717, 1.165) is 17.8 Å². The van der Waals surface area contributed by atoms with Crippen LogP contribution < -0.4 is 4.74 Å². The van der Waals surface area contributed by atoms with Crippen LogP contribution in [0.2, 0.25) is 0 Å². The Morgan fingerprint density at radius 3 is 2.74 bits per heavy atom. The molecule has 1 aromatic heterocycles. The van der Waals surface area contributed by atoms with Crippen LogP contribution in [0, 0.1) is 18.6 Å². The van der Waals surface area contributed by atoms with Crippen molar-refractivity contribution in [1.82, 2.24) is 15.1 Å². The summed E-state index contributed by atoms with van der Waals surface area (Å²) in [6.45, 7) is 2.68. The van der Waals surface area contributed by atoms with Crippen molar-refractivity contribution in [3.63, 3.8) is 0 Å². The van der Waals surface area contributed by atoms with Gasteiger partial charge >= 0.3 is 0 Å². The molecule has 0 saturated carbocycles. The molecule has 2 heterocycles. The van der Waals surface area contributed by atoms with E-state index in [-0.39, 0.29) is 17.6 Å². The van der Waals surface area contributed by atoms with Crippen LogP contribution in [0.3, 0.4) is 0 Å². The van der Waals surface area contributed by atoms with Crippen LogP contribution in [0.25, 0.3) is 0 Å². The molecule has 1 aromatic carbocycles. The number of likely N-dealkylation sites (tertiary alicyclic amines) is 1. The average Bonchev–Trinajstić information content (AvgIpc) is 3.00. The molecule has 1 fully saturated rings. The first-order valence-electron chi connectivity index (χ1n) is 7.24.